The number of nitrogen functional groups attached to an aromatic ring is 1. The molecule has 19 heavy (non-hydrogen) atoms. The van der Waals surface area contributed by atoms with E-state index in [1.165, 1.54) is 18.9 Å². The molecule has 0 spiro atoms. The number of carboxylic acids is 1. The number of benzene rings is 1. The van der Waals surface area contributed by atoms with Gasteiger partial charge in [-0.05, 0) is 30.9 Å². The highest BCUT2D eigenvalue weighted by Gasteiger charge is 2.26. The molecule has 1 fully saturated rings. The largest absolute Gasteiger partial charge is 0.478 e. The molecule has 2 rings (SSSR count). The molecule has 1 atom stereocenters. The van der Waals surface area contributed by atoms with Crippen LogP contribution in [0.1, 0.15) is 43.0 Å². The summed E-state index contributed by atoms with van der Waals surface area (Å²) in [5.41, 5.74) is 6.63. The zero-order valence-corrected chi connectivity index (χ0v) is 11.7. The number of carboxylic acid groups (broad SMARTS) is 1. The van der Waals surface area contributed by atoms with Crippen molar-refractivity contribution >= 4 is 28.9 Å². The lowest BCUT2D eigenvalue weighted by molar-refractivity contribution is 0.0698. The molecule has 0 heterocycles. The zero-order valence-electron chi connectivity index (χ0n) is 10.9. The third kappa shape index (κ3) is 3.53. The van der Waals surface area contributed by atoms with E-state index >= 15 is 0 Å². The first-order chi connectivity index (χ1) is 9.01. The molecule has 0 bridgehead atoms. The number of aromatic carboxylic acids is 1. The van der Waals surface area contributed by atoms with E-state index in [1.807, 2.05) is 0 Å². The Morgan fingerprint density at radius 2 is 2.26 bits per heavy atom. The Labute approximate surface area is 117 Å². The van der Waals surface area contributed by atoms with Crippen LogP contribution >= 0.6 is 11.6 Å². The monoisotopic (exact) mass is 282 g/mol. The molecule has 4 N–H and O–H groups in total. The van der Waals surface area contributed by atoms with Gasteiger partial charge < -0.3 is 16.2 Å². The smallest absolute Gasteiger partial charge is 0.337 e. The maximum absolute atomic E-state index is 11.3. The van der Waals surface area contributed by atoms with E-state index in [9.17, 15) is 9.90 Å². The van der Waals surface area contributed by atoms with Crippen LogP contribution in [0, 0.1) is 5.92 Å². The molecule has 0 amide bonds. The minimum absolute atomic E-state index is 0.138. The van der Waals surface area contributed by atoms with Crippen LogP contribution in [0.4, 0.5) is 11.4 Å². The van der Waals surface area contributed by atoms with Crippen LogP contribution in [0.15, 0.2) is 12.1 Å². The van der Waals surface area contributed by atoms with Crippen LogP contribution in [0.2, 0.25) is 5.02 Å². The number of hydrogen-bond acceptors (Lipinski definition) is 3. The number of carbonyl (C=O) groups is 1. The second-order valence-corrected chi connectivity index (χ2v) is 5.57. The summed E-state index contributed by atoms with van der Waals surface area (Å²) in [7, 11) is 0. The molecule has 0 aromatic heterocycles. The Kier molecular flexibility index (Phi) is 4.20. The molecule has 4 nitrogen and oxygen atoms in total. The third-order valence-corrected chi connectivity index (χ3v) is 3.80. The predicted molar refractivity (Wildman–Crippen MR) is 77.9 cm³/mol. The average molecular weight is 283 g/mol. The molecule has 1 aromatic rings. The van der Waals surface area contributed by atoms with Crippen LogP contribution in [-0.2, 0) is 0 Å². The highest BCUT2D eigenvalue weighted by molar-refractivity contribution is 6.34. The molecule has 104 valence electrons. The van der Waals surface area contributed by atoms with E-state index in [-0.39, 0.29) is 11.6 Å². The molecular formula is C14H19ClN2O2. The molecule has 0 radical (unpaired) electrons. The van der Waals surface area contributed by atoms with Crippen LogP contribution in [0.25, 0.3) is 0 Å². The van der Waals surface area contributed by atoms with Crippen molar-refractivity contribution in [1.82, 2.24) is 0 Å². The van der Waals surface area contributed by atoms with Crippen molar-refractivity contribution in [1.29, 1.82) is 0 Å². The van der Waals surface area contributed by atoms with E-state index in [1.54, 1.807) is 6.07 Å². The van der Waals surface area contributed by atoms with Crippen LogP contribution in [-0.4, -0.2) is 17.1 Å². The Bertz CT molecular complexity index is 487. The summed E-state index contributed by atoms with van der Waals surface area (Å²) in [5, 5.41) is 12.9. The number of anilines is 2. The number of rotatable bonds is 6. The van der Waals surface area contributed by atoms with E-state index in [2.05, 4.69) is 12.2 Å². The van der Waals surface area contributed by atoms with Crippen LogP contribution < -0.4 is 11.1 Å². The van der Waals surface area contributed by atoms with Gasteiger partial charge >= 0.3 is 5.97 Å². The van der Waals surface area contributed by atoms with E-state index in [4.69, 9.17) is 17.3 Å². The van der Waals surface area contributed by atoms with Crippen molar-refractivity contribution in [2.75, 3.05) is 11.1 Å². The van der Waals surface area contributed by atoms with Gasteiger partial charge in [0.2, 0.25) is 0 Å². The summed E-state index contributed by atoms with van der Waals surface area (Å²) in [5.74, 6) is -0.240. The average Bonchev–Trinajstić information content (AvgIpc) is 3.14. The summed E-state index contributed by atoms with van der Waals surface area (Å²) in [6, 6.07) is 3.28. The Balaban J connectivity index is 2.23. The Hall–Kier alpha value is -1.42. The zero-order chi connectivity index (χ0) is 14.0. The molecule has 1 aromatic carbocycles. The van der Waals surface area contributed by atoms with E-state index in [0.29, 0.717) is 16.4 Å². The van der Waals surface area contributed by atoms with Gasteiger partial charge in [-0.3, -0.25) is 0 Å². The Morgan fingerprint density at radius 3 is 2.79 bits per heavy atom. The number of hydrogen-bond donors (Lipinski definition) is 3. The molecule has 1 aliphatic rings. The first-order valence-corrected chi connectivity index (χ1v) is 6.98. The van der Waals surface area contributed by atoms with Crippen LogP contribution in [0.5, 0.6) is 0 Å². The van der Waals surface area contributed by atoms with Crippen molar-refractivity contribution in [3.8, 4) is 0 Å². The van der Waals surface area contributed by atoms with Gasteiger partial charge in [-0.1, -0.05) is 31.4 Å². The van der Waals surface area contributed by atoms with Crippen molar-refractivity contribution in [2.24, 2.45) is 5.92 Å². The van der Waals surface area contributed by atoms with Crippen molar-refractivity contribution in [3.63, 3.8) is 0 Å². The minimum atomic E-state index is -1.02. The molecule has 0 aliphatic heterocycles. The maximum Gasteiger partial charge on any atom is 0.337 e. The lowest BCUT2D eigenvalue weighted by Crippen LogP contribution is -2.21. The van der Waals surface area contributed by atoms with E-state index < -0.39 is 5.97 Å². The fourth-order valence-electron chi connectivity index (χ4n) is 2.23. The maximum atomic E-state index is 11.3. The van der Waals surface area contributed by atoms with E-state index in [0.717, 1.165) is 18.8 Å². The first kappa shape index (κ1) is 14.0. The summed E-state index contributed by atoms with van der Waals surface area (Å²) in [4.78, 5) is 11.3. The highest BCUT2D eigenvalue weighted by Crippen LogP contribution is 2.36. The summed E-state index contributed by atoms with van der Waals surface area (Å²) >= 11 is 6.13. The number of nitrogens with one attached hydrogen (secondary N) is 1. The fourth-order valence-corrected chi connectivity index (χ4v) is 2.51. The van der Waals surface area contributed by atoms with Gasteiger partial charge in [0.05, 0.1) is 16.3 Å². The minimum Gasteiger partial charge on any atom is -0.478 e. The summed E-state index contributed by atoms with van der Waals surface area (Å²) in [6.45, 7) is 2.09. The molecule has 1 saturated carbocycles. The molecule has 1 aliphatic carbocycles. The first-order valence-electron chi connectivity index (χ1n) is 6.60. The van der Waals surface area contributed by atoms with Gasteiger partial charge in [0.1, 0.15) is 0 Å². The van der Waals surface area contributed by atoms with Gasteiger partial charge in [-0.25, -0.2) is 4.79 Å². The summed E-state index contributed by atoms with van der Waals surface area (Å²) < 4.78 is 0. The van der Waals surface area contributed by atoms with Gasteiger partial charge in [0.15, 0.2) is 0 Å². The van der Waals surface area contributed by atoms with Crippen molar-refractivity contribution in [2.45, 2.75) is 38.6 Å². The molecular weight excluding hydrogens is 264 g/mol. The topological polar surface area (TPSA) is 75.3 Å². The second-order valence-electron chi connectivity index (χ2n) is 5.16. The molecule has 5 heteroatoms. The van der Waals surface area contributed by atoms with Crippen LogP contribution in [0.3, 0.4) is 0 Å². The molecule has 1 unspecified atom stereocenters. The van der Waals surface area contributed by atoms with Gasteiger partial charge in [0, 0.05) is 11.7 Å². The van der Waals surface area contributed by atoms with Crippen molar-refractivity contribution < 1.29 is 9.90 Å². The fraction of sp³-hybridized carbons (Fsp3) is 0.500. The SMILES string of the molecule is CCC(CC1CC1)Nc1c(Cl)cc(N)cc1C(=O)O. The van der Waals surface area contributed by atoms with Gasteiger partial charge in [-0.2, -0.15) is 0 Å². The van der Waals surface area contributed by atoms with Gasteiger partial charge in [0.25, 0.3) is 0 Å². The third-order valence-electron chi connectivity index (χ3n) is 3.50. The van der Waals surface area contributed by atoms with Gasteiger partial charge in [-0.15, -0.1) is 0 Å². The van der Waals surface area contributed by atoms with Crippen molar-refractivity contribution in [3.05, 3.63) is 22.7 Å². The predicted octanol–water partition coefficient (Wildman–Crippen LogP) is 3.61. The lowest BCUT2D eigenvalue weighted by atomic mass is 10.1. The normalized spacial score (nSPS) is 16.1. The number of halogens is 1. The molecule has 0 saturated heterocycles. The number of nitrogens with two attached hydrogens (primary N) is 1. The second kappa shape index (κ2) is 5.70. The quantitative estimate of drug-likeness (QED) is 0.697. The lowest BCUT2D eigenvalue weighted by Gasteiger charge is -2.20. The summed E-state index contributed by atoms with van der Waals surface area (Å²) in [6.07, 6.45) is 4.56. The Morgan fingerprint density at radius 1 is 1.58 bits per heavy atom. The highest BCUT2D eigenvalue weighted by atomic mass is 35.5. The standard InChI is InChI=1S/C14H19ClN2O2/c1-2-10(5-8-3-4-8)17-13-11(14(18)19)6-9(16)7-12(13)15/h6-8,10,17H,2-5,16H2,1H3,(H,18,19).